The van der Waals surface area contributed by atoms with E-state index in [-0.39, 0.29) is 5.88 Å². The molecule has 1 aliphatic rings. The number of hydrogen-bond donors (Lipinski definition) is 2. The third-order valence-corrected chi connectivity index (χ3v) is 4.22. The normalized spacial score (nSPS) is 16.0. The molecule has 0 fully saturated rings. The summed E-state index contributed by atoms with van der Waals surface area (Å²) in [5.41, 5.74) is 8.93. The third-order valence-electron chi connectivity index (χ3n) is 4.22. The van der Waals surface area contributed by atoms with Crippen LogP contribution in [0.2, 0.25) is 0 Å². The van der Waals surface area contributed by atoms with E-state index in [1.54, 1.807) is 20.3 Å². The first kappa shape index (κ1) is 16.7. The average molecular weight is 340 g/mol. The molecule has 1 aromatic heterocycles. The molecule has 7 heteroatoms. The van der Waals surface area contributed by atoms with Crippen LogP contribution in [-0.2, 0) is 6.42 Å². The Labute approximate surface area is 146 Å². The molecule has 130 valence electrons. The number of nitrogens with one attached hydrogen (secondary N) is 1. The second kappa shape index (κ2) is 6.77. The number of nitriles is 1. The van der Waals surface area contributed by atoms with E-state index in [9.17, 15) is 5.26 Å². The van der Waals surface area contributed by atoms with Crippen molar-refractivity contribution in [1.29, 1.82) is 5.26 Å². The fraction of sp³-hybridized carbons (Fsp3) is 0.333. The summed E-state index contributed by atoms with van der Waals surface area (Å²) >= 11 is 0. The molecular formula is C18H20N4O3. The van der Waals surface area contributed by atoms with Gasteiger partial charge in [0.25, 0.3) is 0 Å². The van der Waals surface area contributed by atoms with Gasteiger partial charge in [0.05, 0.1) is 20.1 Å². The van der Waals surface area contributed by atoms with Crippen LogP contribution in [0, 0.1) is 11.3 Å². The Hall–Kier alpha value is -3.14. The van der Waals surface area contributed by atoms with Crippen molar-refractivity contribution in [2.24, 2.45) is 5.73 Å². The molecule has 0 spiro atoms. The zero-order chi connectivity index (χ0) is 18.0. The Bertz CT molecular complexity index is 841. The van der Waals surface area contributed by atoms with E-state index in [4.69, 9.17) is 19.9 Å². The summed E-state index contributed by atoms with van der Waals surface area (Å²) in [7, 11) is 3.17. The number of ether oxygens (including phenoxy) is 3. The standard InChI is InChI=1S/C18H20N4O3/c1-4-5-14-16-15(10-6-11(23-2)8-12(7-10)24-3)13(9-19)17(20)25-18(16)22-21-14/h6-8,15H,4-5,20H2,1-3H3,(H,21,22)/t15-/m0/s1. The maximum absolute atomic E-state index is 9.67. The maximum Gasteiger partial charge on any atom is 0.244 e. The van der Waals surface area contributed by atoms with Crippen molar-refractivity contribution >= 4 is 0 Å². The van der Waals surface area contributed by atoms with Crippen LogP contribution in [0.3, 0.4) is 0 Å². The number of aromatic amines is 1. The van der Waals surface area contributed by atoms with E-state index >= 15 is 0 Å². The molecule has 0 saturated heterocycles. The number of rotatable bonds is 5. The number of allylic oxidation sites excluding steroid dienone is 1. The lowest BCUT2D eigenvalue weighted by Crippen LogP contribution is -2.21. The second-order valence-electron chi connectivity index (χ2n) is 5.74. The Morgan fingerprint density at radius 1 is 1.28 bits per heavy atom. The molecule has 2 aromatic rings. The molecule has 0 radical (unpaired) electrons. The van der Waals surface area contributed by atoms with Crippen molar-refractivity contribution < 1.29 is 14.2 Å². The molecule has 3 N–H and O–H groups in total. The Kier molecular flexibility index (Phi) is 4.52. The van der Waals surface area contributed by atoms with Crippen molar-refractivity contribution in [3.05, 3.63) is 46.5 Å². The number of nitrogens with two attached hydrogens (primary N) is 1. The molecular weight excluding hydrogens is 320 g/mol. The van der Waals surface area contributed by atoms with E-state index < -0.39 is 5.92 Å². The van der Waals surface area contributed by atoms with Crippen molar-refractivity contribution in [3.8, 4) is 23.4 Å². The molecule has 7 nitrogen and oxygen atoms in total. The van der Waals surface area contributed by atoms with Crippen molar-refractivity contribution in [2.75, 3.05) is 14.2 Å². The van der Waals surface area contributed by atoms with Crippen LogP contribution in [0.4, 0.5) is 0 Å². The van der Waals surface area contributed by atoms with Crippen LogP contribution >= 0.6 is 0 Å². The van der Waals surface area contributed by atoms with E-state index in [1.807, 2.05) is 12.1 Å². The van der Waals surface area contributed by atoms with Crippen LogP contribution in [0.15, 0.2) is 29.7 Å². The van der Waals surface area contributed by atoms with Gasteiger partial charge in [-0.25, -0.2) is 0 Å². The lowest BCUT2D eigenvalue weighted by Gasteiger charge is -2.24. The molecule has 0 aliphatic carbocycles. The van der Waals surface area contributed by atoms with Crippen LogP contribution in [-0.4, -0.2) is 24.4 Å². The molecule has 2 heterocycles. The zero-order valence-electron chi connectivity index (χ0n) is 14.4. The SMILES string of the molecule is CCCc1[nH]nc2c1[C@@H](c1cc(OC)cc(OC)c1)C(C#N)=C(N)O2. The number of nitrogens with zero attached hydrogens (tertiary/aromatic N) is 2. The fourth-order valence-electron chi connectivity index (χ4n) is 3.08. The van der Waals surface area contributed by atoms with Gasteiger partial charge in [0.15, 0.2) is 0 Å². The summed E-state index contributed by atoms with van der Waals surface area (Å²) in [6.45, 7) is 2.08. The average Bonchev–Trinajstić information content (AvgIpc) is 3.02. The van der Waals surface area contributed by atoms with E-state index in [2.05, 4.69) is 23.2 Å². The second-order valence-corrected chi connectivity index (χ2v) is 5.74. The fourth-order valence-corrected chi connectivity index (χ4v) is 3.08. The molecule has 25 heavy (non-hydrogen) atoms. The maximum atomic E-state index is 9.67. The summed E-state index contributed by atoms with van der Waals surface area (Å²) in [6.07, 6.45) is 1.73. The summed E-state index contributed by atoms with van der Waals surface area (Å²) < 4.78 is 16.3. The summed E-state index contributed by atoms with van der Waals surface area (Å²) in [5.74, 6) is 1.36. The minimum Gasteiger partial charge on any atom is -0.497 e. The highest BCUT2D eigenvalue weighted by Gasteiger charge is 2.35. The molecule has 0 bridgehead atoms. The van der Waals surface area contributed by atoms with Crippen molar-refractivity contribution in [3.63, 3.8) is 0 Å². The molecule has 0 amide bonds. The van der Waals surface area contributed by atoms with Gasteiger partial charge in [-0.15, -0.1) is 5.10 Å². The highest BCUT2D eigenvalue weighted by atomic mass is 16.5. The van der Waals surface area contributed by atoms with Gasteiger partial charge in [0, 0.05) is 17.3 Å². The van der Waals surface area contributed by atoms with Gasteiger partial charge in [0.1, 0.15) is 23.1 Å². The van der Waals surface area contributed by atoms with Crippen LogP contribution in [0.5, 0.6) is 17.4 Å². The molecule has 0 saturated carbocycles. The Morgan fingerprint density at radius 3 is 2.52 bits per heavy atom. The topological polar surface area (TPSA) is 106 Å². The highest BCUT2D eigenvalue weighted by molar-refractivity contribution is 5.57. The highest BCUT2D eigenvalue weighted by Crippen LogP contribution is 2.44. The van der Waals surface area contributed by atoms with Crippen LogP contribution in [0.25, 0.3) is 0 Å². The summed E-state index contributed by atoms with van der Waals surface area (Å²) in [4.78, 5) is 0. The number of fused-ring (bicyclic) bond motifs is 1. The molecule has 1 aromatic carbocycles. The summed E-state index contributed by atoms with van der Waals surface area (Å²) in [6, 6.07) is 7.71. The van der Waals surface area contributed by atoms with Gasteiger partial charge in [0.2, 0.25) is 11.8 Å². The van der Waals surface area contributed by atoms with Gasteiger partial charge < -0.3 is 19.9 Å². The Balaban J connectivity index is 2.23. The number of aromatic nitrogens is 2. The first-order valence-corrected chi connectivity index (χ1v) is 8.00. The van der Waals surface area contributed by atoms with E-state index in [0.29, 0.717) is 23.0 Å². The smallest absolute Gasteiger partial charge is 0.244 e. The van der Waals surface area contributed by atoms with Gasteiger partial charge in [-0.05, 0) is 24.1 Å². The van der Waals surface area contributed by atoms with Gasteiger partial charge in [-0.2, -0.15) is 5.26 Å². The predicted molar refractivity (Wildman–Crippen MR) is 91.4 cm³/mol. The molecule has 0 unspecified atom stereocenters. The number of hydrogen-bond acceptors (Lipinski definition) is 6. The lowest BCUT2D eigenvalue weighted by atomic mass is 9.83. The van der Waals surface area contributed by atoms with E-state index in [1.165, 1.54) is 0 Å². The van der Waals surface area contributed by atoms with Crippen LogP contribution in [0.1, 0.15) is 36.1 Å². The van der Waals surface area contributed by atoms with Crippen LogP contribution < -0.4 is 19.9 Å². The molecule has 3 rings (SSSR count). The molecule has 1 aliphatic heterocycles. The van der Waals surface area contributed by atoms with Gasteiger partial charge in [-0.1, -0.05) is 13.3 Å². The number of H-pyrrole nitrogens is 1. The van der Waals surface area contributed by atoms with Crippen molar-refractivity contribution in [1.82, 2.24) is 10.2 Å². The largest absolute Gasteiger partial charge is 0.497 e. The first-order chi connectivity index (χ1) is 12.1. The first-order valence-electron chi connectivity index (χ1n) is 8.00. The minimum atomic E-state index is -0.391. The number of benzene rings is 1. The molecule has 1 atom stereocenters. The lowest BCUT2D eigenvalue weighted by molar-refractivity contribution is 0.377. The predicted octanol–water partition coefficient (Wildman–Crippen LogP) is 2.60. The van der Waals surface area contributed by atoms with Gasteiger partial charge >= 0.3 is 0 Å². The minimum absolute atomic E-state index is 0.0661. The number of aryl methyl sites for hydroxylation is 1. The zero-order valence-corrected chi connectivity index (χ0v) is 14.4. The van der Waals surface area contributed by atoms with Gasteiger partial charge in [-0.3, -0.25) is 5.10 Å². The Morgan fingerprint density at radius 2 is 1.96 bits per heavy atom. The quantitative estimate of drug-likeness (QED) is 0.866. The number of methoxy groups -OCH3 is 2. The third kappa shape index (κ3) is 2.87. The summed E-state index contributed by atoms with van der Waals surface area (Å²) in [5, 5.41) is 16.9. The van der Waals surface area contributed by atoms with Crippen molar-refractivity contribution in [2.45, 2.75) is 25.7 Å². The van der Waals surface area contributed by atoms with E-state index in [0.717, 1.165) is 29.7 Å². The monoisotopic (exact) mass is 340 g/mol.